The number of ether oxygens (including phenoxy) is 2. The maximum atomic E-state index is 15.1. The fourth-order valence-corrected chi connectivity index (χ4v) is 3.93. The van der Waals surface area contributed by atoms with E-state index in [0.717, 1.165) is 6.26 Å². The molecular weight excluding hydrogens is 437 g/mol. The number of benzene rings is 1. The van der Waals surface area contributed by atoms with Gasteiger partial charge in [0.2, 0.25) is 5.88 Å². The quantitative estimate of drug-likeness (QED) is 0.417. The van der Waals surface area contributed by atoms with Crippen LogP contribution >= 0.6 is 0 Å². The second-order valence-electron chi connectivity index (χ2n) is 6.93. The monoisotopic (exact) mass is 457 g/mol. The summed E-state index contributed by atoms with van der Waals surface area (Å²) in [5, 5.41) is 0. The van der Waals surface area contributed by atoms with Gasteiger partial charge in [-0.05, 0) is 25.1 Å². The molecule has 0 atom stereocenters. The van der Waals surface area contributed by atoms with Gasteiger partial charge in [0.05, 0.1) is 31.4 Å². The molecule has 32 heavy (non-hydrogen) atoms. The average molecular weight is 457 g/mol. The molecule has 11 heteroatoms. The Morgan fingerprint density at radius 1 is 1.09 bits per heavy atom. The van der Waals surface area contributed by atoms with Gasteiger partial charge >= 0.3 is 0 Å². The van der Waals surface area contributed by atoms with Crippen LogP contribution in [0.1, 0.15) is 12.6 Å². The van der Waals surface area contributed by atoms with Crippen LogP contribution in [0.15, 0.2) is 42.6 Å². The Balaban J connectivity index is 2.04. The number of pyridine rings is 1. The summed E-state index contributed by atoms with van der Waals surface area (Å²) >= 11 is 0. The van der Waals surface area contributed by atoms with Gasteiger partial charge in [0.15, 0.2) is 32.8 Å². The summed E-state index contributed by atoms with van der Waals surface area (Å²) in [4.78, 5) is 17.7. The Bertz CT molecular complexity index is 1400. The van der Waals surface area contributed by atoms with Crippen molar-refractivity contribution in [2.75, 3.05) is 20.0 Å². The first-order valence-corrected chi connectivity index (χ1v) is 11.7. The maximum Gasteiger partial charge on any atom is 0.213 e. The van der Waals surface area contributed by atoms with Crippen LogP contribution in [0.3, 0.4) is 0 Å². The third-order valence-electron chi connectivity index (χ3n) is 4.47. The minimum absolute atomic E-state index is 0.0573. The molecule has 9 nitrogen and oxygen atoms in total. The summed E-state index contributed by atoms with van der Waals surface area (Å²) in [6.07, 6.45) is 2.44. The number of sulfone groups is 1. The van der Waals surface area contributed by atoms with E-state index in [1.165, 1.54) is 30.0 Å². The molecule has 3 aromatic heterocycles. The zero-order valence-corrected chi connectivity index (χ0v) is 18.4. The molecule has 0 unspecified atom stereocenters. The molecule has 0 spiro atoms. The third kappa shape index (κ3) is 4.24. The van der Waals surface area contributed by atoms with Crippen LogP contribution in [0, 0.1) is 5.82 Å². The highest BCUT2D eigenvalue weighted by Gasteiger charge is 2.24. The van der Waals surface area contributed by atoms with Crippen molar-refractivity contribution in [1.29, 1.82) is 0 Å². The van der Waals surface area contributed by atoms with Crippen molar-refractivity contribution in [1.82, 2.24) is 24.5 Å². The lowest BCUT2D eigenvalue weighted by Gasteiger charge is -2.14. The number of hydrogen-bond acceptors (Lipinski definition) is 8. The highest BCUT2D eigenvalue weighted by molar-refractivity contribution is 7.89. The highest BCUT2D eigenvalue weighted by Crippen LogP contribution is 2.33. The lowest BCUT2D eigenvalue weighted by Crippen LogP contribution is -2.07. The second kappa shape index (κ2) is 8.50. The number of nitrogens with zero attached hydrogens (tertiary/aromatic N) is 5. The molecule has 0 aliphatic carbocycles. The number of rotatable bonds is 7. The van der Waals surface area contributed by atoms with E-state index < -0.39 is 15.7 Å². The molecule has 0 saturated carbocycles. The number of aromatic nitrogens is 5. The molecule has 0 N–H and O–H groups in total. The first kappa shape index (κ1) is 21.6. The third-order valence-corrected chi connectivity index (χ3v) is 5.29. The van der Waals surface area contributed by atoms with E-state index >= 15 is 4.39 Å². The van der Waals surface area contributed by atoms with Gasteiger partial charge in [-0.25, -0.2) is 32.7 Å². The fraction of sp³-hybridized carbons (Fsp3) is 0.238. The van der Waals surface area contributed by atoms with E-state index in [1.54, 1.807) is 24.3 Å². The number of methoxy groups -OCH3 is 1. The standard InChI is InChI=1S/C21H20FN5O4S/c1-4-31-17-10-6-8-15(25-17)20-26-19-21(24-13(11-23-19)12-32(3,28)29)27(20)18-14(22)7-5-9-16(18)30-2/h5-11H,4,12H2,1-3H3. The Morgan fingerprint density at radius 2 is 1.88 bits per heavy atom. The molecule has 0 radical (unpaired) electrons. The summed E-state index contributed by atoms with van der Waals surface area (Å²) in [7, 11) is -1.94. The Hall–Kier alpha value is -3.60. The topological polar surface area (TPSA) is 109 Å². The SMILES string of the molecule is CCOc1cccc(-c2nc3ncc(CS(C)(=O)=O)nc3n2-c2c(F)cccc2OC)n1. The van der Waals surface area contributed by atoms with E-state index in [2.05, 4.69) is 19.9 Å². The molecule has 4 aromatic rings. The first-order chi connectivity index (χ1) is 15.3. The molecular formula is C21H20FN5O4S. The lowest BCUT2D eigenvalue weighted by atomic mass is 10.2. The Morgan fingerprint density at radius 3 is 2.59 bits per heavy atom. The summed E-state index contributed by atoms with van der Waals surface area (Å²) in [6, 6.07) is 9.54. The fourth-order valence-electron chi connectivity index (χ4n) is 3.25. The number of para-hydroxylation sites is 1. The van der Waals surface area contributed by atoms with E-state index in [1.807, 2.05) is 6.92 Å². The van der Waals surface area contributed by atoms with Crippen molar-refractivity contribution in [3.8, 4) is 28.8 Å². The lowest BCUT2D eigenvalue weighted by molar-refractivity contribution is 0.327. The van der Waals surface area contributed by atoms with E-state index in [-0.39, 0.29) is 40.0 Å². The number of hydrogen-bond donors (Lipinski definition) is 0. The minimum Gasteiger partial charge on any atom is -0.494 e. The number of fused-ring (bicyclic) bond motifs is 1. The molecule has 0 bridgehead atoms. The molecule has 0 aliphatic rings. The molecule has 166 valence electrons. The maximum absolute atomic E-state index is 15.1. The smallest absolute Gasteiger partial charge is 0.213 e. The normalized spacial score (nSPS) is 11.6. The molecule has 0 amide bonds. The van der Waals surface area contributed by atoms with Crippen LogP contribution in [0.25, 0.3) is 28.5 Å². The molecule has 4 rings (SSSR count). The van der Waals surface area contributed by atoms with Crippen LogP contribution in [-0.4, -0.2) is 52.9 Å². The molecule has 1 aromatic carbocycles. The van der Waals surface area contributed by atoms with Crippen molar-refractivity contribution in [2.24, 2.45) is 0 Å². The van der Waals surface area contributed by atoms with Crippen LogP contribution in [-0.2, 0) is 15.6 Å². The minimum atomic E-state index is -3.36. The average Bonchev–Trinajstić information content (AvgIpc) is 3.11. The van der Waals surface area contributed by atoms with Gasteiger partial charge < -0.3 is 9.47 Å². The van der Waals surface area contributed by atoms with Crippen molar-refractivity contribution in [3.05, 3.63) is 54.1 Å². The zero-order chi connectivity index (χ0) is 22.9. The van der Waals surface area contributed by atoms with Gasteiger partial charge in [-0.1, -0.05) is 12.1 Å². The van der Waals surface area contributed by atoms with E-state index in [4.69, 9.17) is 9.47 Å². The highest BCUT2D eigenvalue weighted by atomic mass is 32.2. The molecule has 0 saturated heterocycles. The van der Waals surface area contributed by atoms with Gasteiger partial charge in [-0.15, -0.1) is 0 Å². The van der Waals surface area contributed by atoms with Crippen LogP contribution in [0.2, 0.25) is 0 Å². The van der Waals surface area contributed by atoms with Crippen molar-refractivity contribution in [2.45, 2.75) is 12.7 Å². The van der Waals surface area contributed by atoms with E-state index in [9.17, 15) is 8.42 Å². The van der Waals surface area contributed by atoms with Crippen LogP contribution in [0.4, 0.5) is 4.39 Å². The molecule has 0 fully saturated rings. The largest absolute Gasteiger partial charge is 0.494 e. The van der Waals surface area contributed by atoms with Crippen molar-refractivity contribution < 1.29 is 22.3 Å². The second-order valence-corrected chi connectivity index (χ2v) is 9.07. The summed E-state index contributed by atoms with van der Waals surface area (Å²) in [6.45, 7) is 2.26. The molecule has 0 aliphatic heterocycles. The number of halogens is 1. The van der Waals surface area contributed by atoms with Gasteiger partial charge in [-0.3, -0.25) is 4.57 Å². The number of imidazole rings is 1. The molecule has 3 heterocycles. The predicted molar refractivity (Wildman–Crippen MR) is 116 cm³/mol. The van der Waals surface area contributed by atoms with Gasteiger partial charge in [0, 0.05) is 12.3 Å². The van der Waals surface area contributed by atoms with E-state index in [0.29, 0.717) is 18.2 Å². The first-order valence-electron chi connectivity index (χ1n) is 9.66. The summed E-state index contributed by atoms with van der Waals surface area (Å²) in [5.41, 5.74) is 1.03. The van der Waals surface area contributed by atoms with Crippen molar-refractivity contribution >= 4 is 21.1 Å². The van der Waals surface area contributed by atoms with Gasteiger partial charge in [0.1, 0.15) is 17.1 Å². The van der Waals surface area contributed by atoms with Gasteiger partial charge in [-0.2, -0.15) is 0 Å². The Kier molecular flexibility index (Phi) is 5.74. The summed E-state index contributed by atoms with van der Waals surface area (Å²) < 4.78 is 50.9. The van der Waals surface area contributed by atoms with Gasteiger partial charge in [0.25, 0.3) is 0 Å². The van der Waals surface area contributed by atoms with Crippen LogP contribution < -0.4 is 9.47 Å². The zero-order valence-electron chi connectivity index (χ0n) is 17.6. The predicted octanol–water partition coefficient (Wildman–Crippen LogP) is 2.97. The Labute approximate surface area is 183 Å². The van der Waals surface area contributed by atoms with Crippen molar-refractivity contribution in [3.63, 3.8) is 0 Å². The summed E-state index contributed by atoms with van der Waals surface area (Å²) in [5.74, 6) is -0.0320. The van der Waals surface area contributed by atoms with Crippen LogP contribution in [0.5, 0.6) is 11.6 Å².